The van der Waals surface area contributed by atoms with Crippen LogP contribution in [0.25, 0.3) is 0 Å². The van der Waals surface area contributed by atoms with Gasteiger partial charge in [-0.3, -0.25) is 4.79 Å². The van der Waals surface area contributed by atoms with Crippen molar-refractivity contribution >= 4 is 21.8 Å². The van der Waals surface area contributed by atoms with Crippen LogP contribution in [0.5, 0.6) is 0 Å². The quantitative estimate of drug-likeness (QED) is 0.783. The first kappa shape index (κ1) is 13.0. The summed E-state index contributed by atoms with van der Waals surface area (Å²) in [5.41, 5.74) is 0. The Balaban J connectivity index is 2.13. The molecule has 0 bridgehead atoms. The Bertz CT molecular complexity index is 211. The molecule has 1 aliphatic heterocycles. The van der Waals surface area contributed by atoms with E-state index in [9.17, 15) is 4.79 Å². The average Bonchev–Trinajstić information content (AvgIpc) is 2.64. The molecule has 0 radical (unpaired) electrons. The van der Waals surface area contributed by atoms with Crippen LogP contribution in [0.15, 0.2) is 0 Å². The van der Waals surface area contributed by atoms with E-state index in [0.29, 0.717) is 4.83 Å². The number of carbonyl (C=O) groups excluding carboxylic acids is 1. The van der Waals surface area contributed by atoms with E-state index in [1.165, 1.54) is 0 Å². The van der Waals surface area contributed by atoms with Gasteiger partial charge in [-0.15, -0.1) is 0 Å². The van der Waals surface area contributed by atoms with Crippen molar-refractivity contribution in [2.24, 2.45) is 0 Å². The number of ether oxygens (including phenoxy) is 1. The third kappa shape index (κ3) is 4.51. The summed E-state index contributed by atoms with van der Waals surface area (Å²) in [6, 6.07) is 0. The van der Waals surface area contributed by atoms with Crippen LogP contribution in [0.1, 0.15) is 39.5 Å². The molecule has 3 unspecified atom stereocenters. The van der Waals surface area contributed by atoms with Crippen LogP contribution in [0.2, 0.25) is 0 Å². The number of amides is 1. The average molecular weight is 278 g/mol. The molecule has 15 heavy (non-hydrogen) atoms. The van der Waals surface area contributed by atoms with Crippen molar-refractivity contribution in [2.45, 2.75) is 56.6 Å². The van der Waals surface area contributed by atoms with Gasteiger partial charge in [-0.1, -0.05) is 22.9 Å². The smallest absolute Gasteiger partial charge is 0.249 e. The molecule has 1 fully saturated rings. The molecular formula is C11H20BrNO2. The Hall–Kier alpha value is -0.0900. The lowest BCUT2D eigenvalue weighted by atomic mass is 10.2. The van der Waals surface area contributed by atoms with Gasteiger partial charge in [0.1, 0.15) is 6.10 Å². The van der Waals surface area contributed by atoms with Crippen LogP contribution in [0, 0.1) is 0 Å². The van der Waals surface area contributed by atoms with E-state index in [0.717, 1.165) is 32.2 Å². The maximum Gasteiger partial charge on any atom is 0.249 e. The minimum Gasteiger partial charge on any atom is -0.365 e. The number of nitrogens with one attached hydrogen (secondary N) is 1. The second kappa shape index (κ2) is 6.48. The van der Waals surface area contributed by atoms with E-state index >= 15 is 0 Å². The van der Waals surface area contributed by atoms with Crippen molar-refractivity contribution in [3.8, 4) is 0 Å². The van der Waals surface area contributed by atoms with Crippen LogP contribution in [0.4, 0.5) is 0 Å². The van der Waals surface area contributed by atoms with Gasteiger partial charge >= 0.3 is 0 Å². The number of alkyl halides is 1. The van der Waals surface area contributed by atoms with Gasteiger partial charge in [0.15, 0.2) is 0 Å². The van der Waals surface area contributed by atoms with Gasteiger partial charge in [-0.25, -0.2) is 0 Å². The Morgan fingerprint density at radius 3 is 2.87 bits per heavy atom. The summed E-state index contributed by atoms with van der Waals surface area (Å²) >= 11 is 3.54. The van der Waals surface area contributed by atoms with Crippen molar-refractivity contribution in [1.82, 2.24) is 5.32 Å². The first-order valence-electron chi connectivity index (χ1n) is 5.70. The van der Waals surface area contributed by atoms with Gasteiger partial charge < -0.3 is 10.1 Å². The highest BCUT2D eigenvalue weighted by atomic mass is 79.9. The zero-order valence-electron chi connectivity index (χ0n) is 9.46. The third-order valence-electron chi connectivity index (χ3n) is 2.72. The van der Waals surface area contributed by atoms with Crippen molar-refractivity contribution in [3.63, 3.8) is 0 Å². The van der Waals surface area contributed by atoms with E-state index < -0.39 is 0 Å². The summed E-state index contributed by atoms with van der Waals surface area (Å²) in [4.78, 5) is 12.1. The van der Waals surface area contributed by atoms with Gasteiger partial charge in [0.05, 0.1) is 6.10 Å². The fourth-order valence-electron chi connectivity index (χ4n) is 1.67. The number of carbonyl (C=O) groups is 1. The van der Waals surface area contributed by atoms with E-state index in [-0.39, 0.29) is 18.1 Å². The molecule has 1 saturated heterocycles. The Morgan fingerprint density at radius 2 is 2.33 bits per heavy atom. The standard InChI is InChI=1S/C11H20BrNO2/c1-3-9(12)6-7-13-11(14)10-5-4-8(2)15-10/h8-10H,3-7H2,1-2H3,(H,13,14). The maximum absolute atomic E-state index is 11.6. The third-order valence-corrected chi connectivity index (χ3v) is 3.83. The first-order valence-corrected chi connectivity index (χ1v) is 6.62. The normalized spacial score (nSPS) is 27.7. The van der Waals surface area contributed by atoms with Crippen LogP contribution in [-0.4, -0.2) is 29.5 Å². The molecule has 0 aromatic carbocycles. The largest absolute Gasteiger partial charge is 0.365 e. The highest BCUT2D eigenvalue weighted by molar-refractivity contribution is 9.09. The Kier molecular flexibility index (Phi) is 5.61. The van der Waals surface area contributed by atoms with Crippen LogP contribution >= 0.6 is 15.9 Å². The second-order valence-electron chi connectivity index (χ2n) is 4.10. The fraction of sp³-hybridized carbons (Fsp3) is 0.909. The fourth-order valence-corrected chi connectivity index (χ4v) is 1.89. The van der Waals surface area contributed by atoms with Gasteiger partial charge in [0.25, 0.3) is 0 Å². The zero-order chi connectivity index (χ0) is 11.3. The molecule has 1 N–H and O–H groups in total. The molecule has 1 amide bonds. The van der Waals surface area contributed by atoms with Crippen molar-refractivity contribution in [2.75, 3.05) is 6.54 Å². The van der Waals surface area contributed by atoms with Crippen molar-refractivity contribution in [3.05, 3.63) is 0 Å². The van der Waals surface area contributed by atoms with Gasteiger partial charge in [0, 0.05) is 11.4 Å². The molecule has 0 aliphatic carbocycles. The van der Waals surface area contributed by atoms with Crippen molar-refractivity contribution < 1.29 is 9.53 Å². The molecule has 0 aromatic rings. The van der Waals surface area contributed by atoms with Crippen molar-refractivity contribution in [1.29, 1.82) is 0 Å². The Morgan fingerprint density at radius 1 is 1.60 bits per heavy atom. The van der Waals surface area contributed by atoms with E-state index in [4.69, 9.17) is 4.74 Å². The number of halogens is 1. The molecular weight excluding hydrogens is 258 g/mol. The highest BCUT2D eigenvalue weighted by Gasteiger charge is 2.27. The number of hydrogen-bond acceptors (Lipinski definition) is 2. The summed E-state index contributed by atoms with van der Waals surface area (Å²) < 4.78 is 5.48. The minimum absolute atomic E-state index is 0.0511. The van der Waals surface area contributed by atoms with E-state index in [2.05, 4.69) is 28.2 Å². The zero-order valence-corrected chi connectivity index (χ0v) is 11.0. The van der Waals surface area contributed by atoms with Crippen LogP contribution in [-0.2, 0) is 9.53 Å². The molecule has 0 aromatic heterocycles. The molecule has 1 heterocycles. The second-order valence-corrected chi connectivity index (χ2v) is 5.39. The maximum atomic E-state index is 11.6. The van der Waals surface area contributed by atoms with Crippen LogP contribution < -0.4 is 5.32 Å². The summed E-state index contributed by atoms with van der Waals surface area (Å²) in [6.07, 6.45) is 3.94. The molecule has 88 valence electrons. The molecule has 0 spiro atoms. The molecule has 0 saturated carbocycles. The van der Waals surface area contributed by atoms with Crippen LogP contribution in [0.3, 0.4) is 0 Å². The lowest BCUT2D eigenvalue weighted by molar-refractivity contribution is -0.131. The topological polar surface area (TPSA) is 38.3 Å². The summed E-state index contributed by atoms with van der Waals surface area (Å²) in [6.45, 7) is 4.87. The SMILES string of the molecule is CCC(Br)CCNC(=O)C1CCC(C)O1. The highest BCUT2D eigenvalue weighted by Crippen LogP contribution is 2.19. The molecule has 4 heteroatoms. The monoisotopic (exact) mass is 277 g/mol. The number of hydrogen-bond donors (Lipinski definition) is 1. The summed E-state index contributed by atoms with van der Waals surface area (Å²) in [5.74, 6) is 0.0511. The predicted molar refractivity (Wildman–Crippen MR) is 64.2 cm³/mol. The molecule has 3 atom stereocenters. The summed E-state index contributed by atoms with van der Waals surface area (Å²) in [7, 11) is 0. The van der Waals surface area contributed by atoms with E-state index in [1.807, 2.05) is 6.92 Å². The minimum atomic E-state index is -0.213. The molecule has 3 nitrogen and oxygen atoms in total. The lowest BCUT2D eigenvalue weighted by Crippen LogP contribution is -2.35. The molecule has 1 rings (SSSR count). The molecule has 1 aliphatic rings. The number of rotatable bonds is 5. The van der Waals surface area contributed by atoms with Gasteiger partial charge in [-0.2, -0.15) is 0 Å². The predicted octanol–water partition coefficient (Wildman–Crippen LogP) is 2.23. The Labute approximate surface area is 100 Å². The first-order chi connectivity index (χ1) is 7.13. The van der Waals surface area contributed by atoms with Gasteiger partial charge in [-0.05, 0) is 32.6 Å². The van der Waals surface area contributed by atoms with E-state index in [1.54, 1.807) is 0 Å². The van der Waals surface area contributed by atoms with Gasteiger partial charge in [0.2, 0.25) is 5.91 Å². The summed E-state index contributed by atoms with van der Waals surface area (Å²) in [5, 5.41) is 2.92. The lowest BCUT2D eigenvalue weighted by Gasteiger charge is -2.12.